The molecule has 9 heteroatoms. The summed E-state index contributed by atoms with van der Waals surface area (Å²) in [4.78, 5) is 13.0. The van der Waals surface area contributed by atoms with Gasteiger partial charge in [-0.05, 0) is 42.0 Å². The molecule has 1 fully saturated rings. The van der Waals surface area contributed by atoms with Gasteiger partial charge in [0.15, 0.2) is 0 Å². The van der Waals surface area contributed by atoms with Gasteiger partial charge in [0, 0.05) is 32.3 Å². The predicted molar refractivity (Wildman–Crippen MR) is 97.1 cm³/mol. The van der Waals surface area contributed by atoms with E-state index in [1.807, 2.05) is 0 Å². The van der Waals surface area contributed by atoms with Crippen molar-refractivity contribution in [1.82, 2.24) is 9.21 Å². The smallest absolute Gasteiger partial charge is 0.246 e. The maximum atomic E-state index is 13.8. The van der Waals surface area contributed by atoms with Crippen molar-refractivity contribution in [2.24, 2.45) is 0 Å². The van der Waals surface area contributed by atoms with Crippen molar-refractivity contribution < 1.29 is 26.4 Å². The lowest BCUT2D eigenvalue weighted by atomic mass is 10.2. The molecule has 2 aromatic carbocycles. The first-order valence-electron chi connectivity index (χ1n) is 8.45. The molecule has 1 aliphatic rings. The number of piperazine rings is 1. The van der Waals surface area contributed by atoms with Crippen LogP contribution < -0.4 is 0 Å². The highest BCUT2D eigenvalue weighted by atomic mass is 32.2. The zero-order valence-corrected chi connectivity index (χ0v) is 15.5. The van der Waals surface area contributed by atoms with Crippen LogP contribution in [0.25, 0.3) is 6.08 Å². The van der Waals surface area contributed by atoms with Gasteiger partial charge >= 0.3 is 0 Å². The molecule has 0 saturated carbocycles. The van der Waals surface area contributed by atoms with Crippen molar-refractivity contribution in [3.05, 3.63) is 71.6 Å². The van der Waals surface area contributed by atoms with Crippen molar-refractivity contribution in [3.8, 4) is 0 Å². The number of halogens is 3. The number of sulfonamides is 1. The zero-order valence-electron chi connectivity index (χ0n) is 14.7. The van der Waals surface area contributed by atoms with Crippen LogP contribution in [0.15, 0.2) is 53.4 Å². The maximum absolute atomic E-state index is 13.8. The summed E-state index contributed by atoms with van der Waals surface area (Å²) in [5.41, 5.74) is 0.524. The first-order chi connectivity index (χ1) is 13.3. The topological polar surface area (TPSA) is 57.7 Å². The summed E-state index contributed by atoms with van der Waals surface area (Å²) in [6.45, 7) is 0.112. The van der Waals surface area contributed by atoms with Crippen LogP contribution >= 0.6 is 0 Å². The minimum atomic E-state index is -4.20. The second kappa shape index (κ2) is 8.15. The van der Waals surface area contributed by atoms with Gasteiger partial charge in [-0.25, -0.2) is 21.6 Å². The third kappa shape index (κ3) is 4.42. The summed E-state index contributed by atoms with van der Waals surface area (Å²) in [5.74, 6) is -2.65. The van der Waals surface area contributed by atoms with Crippen LogP contribution in [0.4, 0.5) is 13.2 Å². The van der Waals surface area contributed by atoms with Crippen molar-refractivity contribution in [2.45, 2.75) is 4.90 Å². The molecular formula is C19H17F3N2O3S. The average molecular weight is 410 g/mol. The molecule has 1 amide bonds. The molecule has 1 saturated heterocycles. The Morgan fingerprint density at radius 1 is 0.929 bits per heavy atom. The summed E-state index contributed by atoms with van der Waals surface area (Å²) in [5, 5.41) is 0. The standard InChI is InChI=1S/C19H17F3N2O3S/c20-15-3-1-2-14(12-15)4-7-19(25)23-8-10-24(11-9-23)28(26,27)18-13-16(21)5-6-17(18)22/h1-7,12-13H,8-11H2/b7-4+. The molecule has 0 aromatic heterocycles. The fourth-order valence-electron chi connectivity index (χ4n) is 2.85. The lowest BCUT2D eigenvalue weighted by Crippen LogP contribution is -2.50. The molecule has 0 unspecified atom stereocenters. The number of hydrogen-bond acceptors (Lipinski definition) is 3. The van der Waals surface area contributed by atoms with Gasteiger partial charge in [-0.3, -0.25) is 4.79 Å². The molecule has 5 nitrogen and oxygen atoms in total. The molecule has 148 valence electrons. The van der Waals surface area contributed by atoms with Crippen molar-refractivity contribution in [2.75, 3.05) is 26.2 Å². The Bertz CT molecular complexity index is 1020. The maximum Gasteiger partial charge on any atom is 0.246 e. The summed E-state index contributed by atoms with van der Waals surface area (Å²) >= 11 is 0. The molecule has 0 spiro atoms. The Kier molecular flexibility index (Phi) is 5.85. The molecule has 1 heterocycles. The van der Waals surface area contributed by atoms with Gasteiger partial charge in [-0.15, -0.1) is 0 Å². The lowest BCUT2D eigenvalue weighted by Gasteiger charge is -2.33. The van der Waals surface area contributed by atoms with E-state index in [-0.39, 0.29) is 32.1 Å². The predicted octanol–water partition coefficient (Wildman–Crippen LogP) is 2.65. The summed E-state index contributed by atoms with van der Waals surface area (Å²) in [7, 11) is -4.20. The monoisotopic (exact) mass is 410 g/mol. The van der Waals surface area contributed by atoms with Crippen molar-refractivity contribution in [1.29, 1.82) is 0 Å². The fourth-order valence-corrected chi connectivity index (χ4v) is 4.34. The van der Waals surface area contributed by atoms with Gasteiger partial charge < -0.3 is 4.90 Å². The lowest BCUT2D eigenvalue weighted by molar-refractivity contribution is -0.127. The Hall–Kier alpha value is -2.65. The van der Waals surface area contributed by atoms with E-state index in [1.165, 1.54) is 35.3 Å². The molecule has 3 rings (SSSR count). The highest BCUT2D eigenvalue weighted by molar-refractivity contribution is 7.89. The Labute approximate surface area is 160 Å². The molecule has 2 aromatic rings. The number of carbonyl (C=O) groups excluding carboxylic acids is 1. The van der Waals surface area contributed by atoms with Crippen LogP contribution in [0.2, 0.25) is 0 Å². The van der Waals surface area contributed by atoms with E-state index in [9.17, 15) is 26.4 Å². The van der Waals surface area contributed by atoms with Crippen LogP contribution in [0.5, 0.6) is 0 Å². The van der Waals surface area contributed by atoms with Crippen molar-refractivity contribution >= 4 is 22.0 Å². The highest BCUT2D eigenvalue weighted by Gasteiger charge is 2.31. The van der Waals surface area contributed by atoms with Gasteiger partial charge in [-0.2, -0.15) is 4.31 Å². The third-order valence-electron chi connectivity index (χ3n) is 4.33. The Balaban J connectivity index is 1.65. The van der Waals surface area contributed by atoms with Crippen LogP contribution in [0, 0.1) is 17.5 Å². The quantitative estimate of drug-likeness (QED) is 0.729. The van der Waals surface area contributed by atoms with E-state index in [1.54, 1.807) is 6.07 Å². The Morgan fingerprint density at radius 3 is 2.29 bits per heavy atom. The molecule has 1 aliphatic heterocycles. The van der Waals surface area contributed by atoms with Gasteiger partial charge in [0.25, 0.3) is 0 Å². The number of carbonyl (C=O) groups is 1. The fraction of sp³-hybridized carbons (Fsp3) is 0.211. The summed E-state index contributed by atoms with van der Waals surface area (Å²) in [6, 6.07) is 7.99. The molecule has 0 bridgehead atoms. The van der Waals surface area contributed by atoms with E-state index in [4.69, 9.17) is 0 Å². The number of amides is 1. The van der Waals surface area contributed by atoms with Gasteiger partial charge in [0.2, 0.25) is 15.9 Å². The summed E-state index contributed by atoms with van der Waals surface area (Å²) < 4.78 is 66.4. The molecule has 0 aliphatic carbocycles. The first kappa shape index (κ1) is 20.1. The number of benzene rings is 2. The number of nitrogens with zero attached hydrogens (tertiary/aromatic N) is 2. The molecule has 0 N–H and O–H groups in total. The first-order valence-corrected chi connectivity index (χ1v) is 9.89. The van der Waals surface area contributed by atoms with Gasteiger partial charge in [0.1, 0.15) is 22.3 Å². The minimum absolute atomic E-state index is 0.0438. The SMILES string of the molecule is O=C(/C=C/c1cccc(F)c1)N1CCN(S(=O)(=O)c2cc(F)ccc2F)CC1. The van der Waals surface area contributed by atoms with Crippen LogP contribution in [0.1, 0.15) is 5.56 Å². The third-order valence-corrected chi connectivity index (χ3v) is 6.24. The number of rotatable bonds is 4. The van der Waals surface area contributed by atoms with Crippen LogP contribution in [0.3, 0.4) is 0 Å². The van der Waals surface area contributed by atoms with Gasteiger partial charge in [0.05, 0.1) is 0 Å². The highest BCUT2D eigenvalue weighted by Crippen LogP contribution is 2.21. The molecule has 28 heavy (non-hydrogen) atoms. The van der Waals surface area contributed by atoms with E-state index in [2.05, 4.69) is 0 Å². The Morgan fingerprint density at radius 2 is 1.61 bits per heavy atom. The largest absolute Gasteiger partial charge is 0.337 e. The minimum Gasteiger partial charge on any atom is -0.337 e. The molecule has 0 radical (unpaired) electrons. The van der Waals surface area contributed by atoms with Gasteiger partial charge in [-0.1, -0.05) is 12.1 Å². The second-order valence-corrected chi connectivity index (χ2v) is 8.10. The molecular weight excluding hydrogens is 393 g/mol. The van der Waals surface area contributed by atoms with E-state index < -0.39 is 32.4 Å². The van der Waals surface area contributed by atoms with E-state index in [0.717, 1.165) is 16.4 Å². The second-order valence-electron chi connectivity index (χ2n) is 6.19. The van der Waals surface area contributed by atoms with Crippen LogP contribution in [-0.4, -0.2) is 49.7 Å². The average Bonchev–Trinajstić information content (AvgIpc) is 2.68. The molecule has 0 atom stereocenters. The van der Waals surface area contributed by atoms with Crippen LogP contribution in [-0.2, 0) is 14.8 Å². The summed E-state index contributed by atoms with van der Waals surface area (Å²) in [6.07, 6.45) is 2.75. The number of hydrogen-bond donors (Lipinski definition) is 0. The van der Waals surface area contributed by atoms with Crippen molar-refractivity contribution in [3.63, 3.8) is 0 Å². The normalized spacial score (nSPS) is 15.9. The van der Waals surface area contributed by atoms with E-state index in [0.29, 0.717) is 11.6 Å². The van der Waals surface area contributed by atoms with E-state index >= 15 is 0 Å². The zero-order chi connectivity index (χ0) is 20.3.